The number of aryl methyl sites for hydroxylation is 4. The van der Waals surface area contributed by atoms with E-state index in [2.05, 4.69) is 19.2 Å². The summed E-state index contributed by atoms with van der Waals surface area (Å²) in [6.45, 7) is 9.79. The van der Waals surface area contributed by atoms with Crippen LogP contribution >= 0.6 is 11.6 Å². The number of anilines is 1. The third-order valence-corrected chi connectivity index (χ3v) is 4.94. The molecule has 0 radical (unpaired) electrons. The van der Waals surface area contributed by atoms with E-state index in [4.69, 9.17) is 16.3 Å². The first kappa shape index (κ1) is 19.3. The number of carbonyl (C=O) groups excluding carboxylic acids is 1. The van der Waals surface area contributed by atoms with Gasteiger partial charge in [-0.3, -0.25) is 4.79 Å². The van der Waals surface area contributed by atoms with Gasteiger partial charge in [-0.2, -0.15) is 0 Å². The number of hydrogen-bond donors (Lipinski definition) is 1. The van der Waals surface area contributed by atoms with E-state index in [1.807, 2.05) is 44.2 Å². The van der Waals surface area contributed by atoms with Gasteiger partial charge in [0, 0.05) is 10.7 Å². The molecule has 0 bridgehead atoms. The average Bonchev–Trinajstić information content (AvgIpc) is 2.59. The molecule has 3 nitrogen and oxygen atoms in total. The zero-order valence-electron chi connectivity index (χ0n) is 15.6. The van der Waals surface area contributed by atoms with Gasteiger partial charge in [0.25, 0.3) is 5.91 Å². The van der Waals surface area contributed by atoms with E-state index >= 15 is 0 Å². The Morgan fingerprint density at radius 3 is 2.12 bits per heavy atom. The van der Waals surface area contributed by atoms with Crippen molar-refractivity contribution in [1.29, 1.82) is 0 Å². The predicted octanol–water partition coefficient (Wildman–Crippen LogP) is 5.49. The van der Waals surface area contributed by atoms with Gasteiger partial charge < -0.3 is 10.1 Å². The number of amides is 1. The van der Waals surface area contributed by atoms with E-state index in [9.17, 15) is 4.79 Å². The number of ether oxygens (including phenoxy) is 1. The summed E-state index contributed by atoms with van der Waals surface area (Å²) in [5, 5.41) is 3.78. The lowest BCUT2D eigenvalue weighted by Gasteiger charge is -2.19. The second-order valence-corrected chi connectivity index (χ2v) is 6.66. The van der Waals surface area contributed by atoms with Gasteiger partial charge in [-0.05, 0) is 68.0 Å². The van der Waals surface area contributed by atoms with Gasteiger partial charge in [0.15, 0.2) is 6.10 Å². The van der Waals surface area contributed by atoms with Crippen LogP contribution in [0.2, 0.25) is 5.02 Å². The quantitative estimate of drug-likeness (QED) is 0.740. The molecule has 0 heterocycles. The first-order chi connectivity index (χ1) is 11.9. The van der Waals surface area contributed by atoms with Crippen LogP contribution < -0.4 is 10.1 Å². The third-order valence-electron chi connectivity index (χ3n) is 4.34. The minimum atomic E-state index is -0.602. The summed E-state index contributed by atoms with van der Waals surface area (Å²) in [6, 6.07) is 9.85. The number of carbonyl (C=O) groups is 1. The van der Waals surface area contributed by atoms with Crippen LogP contribution in [0.15, 0.2) is 30.3 Å². The number of nitrogens with one attached hydrogen (secondary N) is 1. The van der Waals surface area contributed by atoms with E-state index in [0.29, 0.717) is 5.75 Å². The topological polar surface area (TPSA) is 38.3 Å². The zero-order valence-corrected chi connectivity index (χ0v) is 16.3. The highest BCUT2D eigenvalue weighted by atomic mass is 35.5. The maximum Gasteiger partial charge on any atom is 0.265 e. The first-order valence-electron chi connectivity index (χ1n) is 8.72. The highest BCUT2D eigenvalue weighted by Gasteiger charge is 2.18. The standard InChI is InChI=1S/C21H26ClNO2/c1-6-16-9-8-10-17(7-2)20(16)23-21(24)15(5)25-18-11-13(3)19(22)14(4)12-18/h8-12,15H,6-7H2,1-5H3,(H,23,24). The van der Waals surface area contributed by atoms with Crippen LogP contribution in [0, 0.1) is 13.8 Å². The van der Waals surface area contributed by atoms with Crippen molar-refractivity contribution in [2.45, 2.75) is 53.6 Å². The number of halogens is 1. The Labute approximate surface area is 155 Å². The monoisotopic (exact) mass is 359 g/mol. The molecular formula is C21H26ClNO2. The van der Waals surface area contributed by atoms with Gasteiger partial charge in [-0.25, -0.2) is 0 Å². The molecular weight excluding hydrogens is 334 g/mol. The van der Waals surface area contributed by atoms with E-state index in [-0.39, 0.29) is 5.91 Å². The van der Waals surface area contributed by atoms with Crippen molar-refractivity contribution in [3.63, 3.8) is 0 Å². The fraction of sp³-hybridized carbons (Fsp3) is 0.381. The van der Waals surface area contributed by atoms with Crippen LogP contribution in [0.3, 0.4) is 0 Å². The van der Waals surface area contributed by atoms with Crippen LogP contribution in [-0.2, 0) is 17.6 Å². The lowest BCUT2D eigenvalue weighted by Crippen LogP contribution is -2.31. The Morgan fingerprint density at radius 1 is 1.12 bits per heavy atom. The smallest absolute Gasteiger partial charge is 0.265 e. The Bertz CT molecular complexity index is 725. The molecule has 0 saturated heterocycles. The van der Waals surface area contributed by atoms with Gasteiger partial charge in [-0.15, -0.1) is 0 Å². The molecule has 4 heteroatoms. The average molecular weight is 360 g/mol. The molecule has 0 saturated carbocycles. The van der Waals surface area contributed by atoms with Crippen molar-refractivity contribution in [1.82, 2.24) is 0 Å². The van der Waals surface area contributed by atoms with Crippen molar-refractivity contribution in [3.05, 3.63) is 57.6 Å². The lowest BCUT2D eigenvalue weighted by molar-refractivity contribution is -0.122. The number of para-hydroxylation sites is 1. The minimum absolute atomic E-state index is 0.152. The molecule has 0 aromatic heterocycles. The molecule has 134 valence electrons. The predicted molar refractivity (Wildman–Crippen MR) is 105 cm³/mol. The number of benzene rings is 2. The van der Waals surface area contributed by atoms with Crippen molar-refractivity contribution < 1.29 is 9.53 Å². The highest BCUT2D eigenvalue weighted by molar-refractivity contribution is 6.32. The Balaban J connectivity index is 2.16. The van der Waals surface area contributed by atoms with E-state index in [1.54, 1.807) is 6.92 Å². The number of rotatable bonds is 6. The molecule has 1 unspecified atom stereocenters. The zero-order chi connectivity index (χ0) is 18.6. The van der Waals surface area contributed by atoms with Crippen molar-refractivity contribution >= 4 is 23.2 Å². The van der Waals surface area contributed by atoms with Gasteiger partial charge >= 0.3 is 0 Å². The van der Waals surface area contributed by atoms with E-state index in [0.717, 1.165) is 45.8 Å². The fourth-order valence-corrected chi connectivity index (χ4v) is 2.97. The van der Waals surface area contributed by atoms with Gasteiger partial charge in [0.2, 0.25) is 0 Å². The van der Waals surface area contributed by atoms with Crippen LogP contribution in [-0.4, -0.2) is 12.0 Å². The summed E-state index contributed by atoms with van der Waals surface area (Å²) in [7, 11) is 0. The summed E-state index contributed by atoms with van der Waals surface area (Å²) in [5.74, 6) is 0.502. The van der Waals surface area contributed by atoms with Crippen molar-refractivity contribution in [2.75, 3.05) is 5.32 Å². The molecule has 2 aromatic carbocycles. The molecule has 2 rings (SSSR count). The maximum atomic E-state index is 12.6. The second kappa shape index (κ2) is 8.39. The molecule has 25 heavy (non-hydrogen) atoms. The Morgan fingerprint density at radius 2 is 1.64 bits per heavy atom. The molecule has 2 aromatic rings. The SMILES string of the molecule is CCc1cccc(CC)c1NC(=O)C(C)Oc1cc(C)c(Cl)c(C)c1. The van der Waals surface area contributed by atoms with Crippen LogP contribution in [0.25, 0.3) is 0 Å². The molecule has 1 N–H and O–H groups in total. The van der Waals surface area contributed by atoms with Gasteiger partial charge in [-0.1, -0.05) is 43.6 Å². The second-order valence-electron chi connectivity index (χ2n) is 6.28. The highest BCUT2D eigenvalue weighted by Crippen LogP contribution is 2.27. The molecule has 0 aliphatic rings. The van der Waals surface area contributed by atoms with Gasteiger partial charge in [0.1, 0.15) is 5.75 Å². The maximum absolute atomic E-state index is 12.6. The summed E-state index contributed by atoms with van der Waals surface area (Å²) in [4.78, 5) is 12.6. The largest absolute Gasteiger partial charge is 0.481 e. The summed E-state index contributed by atoms with van der Waals surface area (Å²) in [6.07, 6.45) is 1.14. The molecule has 0 fully saturated rings. The normalized spacial score (nSPS) is 11.9. The molecule has 1 atom stereocenters. The van der Waals surface area contributed by atoms with Crippen molar-refractivity contribution in [3.8, 4) is 5.75 Å². The molecule has 1 amide bonds. The molecule has 0 aliphatic heterocycles. The van der Waals surface area contributed by atoms with Crippen LogP contribution in [0.4, 0.5) is 5.69 Å². The Kier molecular flexibility index (Phi) is 6.49. The first-order valence-corrected chi connectivity index (χ1v) is 9.10. The summed E-state index contributed by atoms with van der Waals surface area (Å²) >= 11 is 6.19. The number of hydrogen-bond acceptors (Lipinski definition) is 2. The van der Waals surface area contributed by atoms with E-state index < -0.39 is 6.10 Å². The molecule has 0 spiro atoms. The Hall–Kier alpha value is -2.00. The molecule has 0 aliphatic carbocycles. The van der Waals surface area contributed by atoms with Crippen molar-refractivity contribution in [2.24, 2.45) is 0 Å². The summed E-state index contributed by atoms with van der Waals surface area (Å²) in [5.41, 5.74) is 5.07. The summed E-state index contributed by atoms with van der Waals surface area (Å²) < 4.78 is 5.84. The van der Waals surface area contributed by atoms with Crippen LogP contribution in [0.1, 0.15) is 43.0 Å². The minimum Gasteiger partial charge on any atom is -0.481 e. The lowest BCUT2D eigenvalue weighted by atomic mass is 10.0. The van der Waals surface area contributed by atoms with Gasteiger partial charge in [0.05, 0.1) is 0 Å². The van der Waals surface area contributed by atoms with E-state index in [1.165, 1.54) is 0 Å². The fourth-order valence-electron chi connectivity index (χ4n) is 2.86. The van der Waals surface area contributed by atoms with Crippen LogP contribution in [0.5, 0.6) is 5.75 Å². The third kappa shape index (κ3) is 4.55.